The van der Waals surface area contributed by atoms with E-state index >= 15 is 0 Å². The van der Waals surface area contributed by atoms with Gasteiger partial charge in [-0.15, -0.1) is 0 Å². The van der Waals surface area contributed by atoms with Crippen molar-refractivity contribution in [3.05, 3.63) is 62.7 Å². The lowest BCUT2D eigenvalue weighted by molar-refractivity contribution is -0.0513. The number of aromatic amines is 1. The molecule has 3 N–H and O–H groups in total. The molecule has 28 heavy (non-hydrogen) atoms. The molecular formula is C16H17FN2O8S. The maximum atomic E-state index is 13.4. The summed E-state index contributed by atoms with van der Waals surface area (Å²) in [4.78, 5) is 24.5. The van der Waals surface area contributed by atoms with E-state index in [1.54, 1.807) is 24.0 Å². The van der Waals surface area contributed by atoms with Gasteiger partial charge in [-0.2, -0.15) is 12.8 Å². The molecule has 1 saturated heterocycles. The zero-order valence-electron chi connectivity index (χ0n) is 14.5. The summed E-state index contributed by atoms with van der Waals surface area (Å²) in [5.74, 6) is -1.30. The number of hydrogen-bond acceptors (Lipinski definition) is 8. The molecule has 0 aliphatic carbocycles. The molecule has 10 nitrogen and oxygen atoms in total. The maximum absolute atomic E-state index is 13.4. The van der Waals surface area contributed by atoms with Gasteiger partial charge in [-0.1, -0.05) is 17.7 Å². The molecule has 1 aliphatic rings. The van der Waals surface area contributed by atoms with Gasteiger partial charge in [-0.25, -0.2) is 4.79 Å². The zero-order valence-corrected chi connectivity index (χ0v) is 15.3. The van der Waals surface area contributed by atoms with Crippen molar-refractivity contribution in [2.75, 3.05) is 6.61 Å². The third-order valence-electron chi connectivity index (χ3n) is 4.23. The van der Waals surface area contributed by atoms with Crippen LogP contribution in [-0.2, 0) is 19.0 Å². The third-order valence-corrected chi connectivity index (χ3v) is 5.53. The fourth-order valence-corrected chi connectivity index (χ4v) is 3.59. The normalized spacial score (nSPS) is 25.1. The molecule has 2 heterocycles. The molecule has 0 spiro atoms. The van der Waals surface area contributed by atoms with Crippen molar-refractivity contribution < 1.29 is 31.9 Å². The van der Waals surface area contributed by atoms with Gasteiger partial charge in [0.15, 0.2) is 6.23 Å². The predicted molar refractivity (Wildman–Crippen MR) is 91.5 cm³/mol. The first kappa shape index (κ1) is 20.4. The van der Waals surface area contributed by atoms with E-state index in [-0.39, 0.29) is 4.90 Å². The van der Waals surface area contributed by atoms with Crippen LogP contribution in [0.2, 0.25) is 0 Å². The number of halogens is 1. The average Bonchev–Trinajstić information content (AvgIpc) is 2.92. The van der Waals surface area contributed by atoms with E-state index in [9.17, 15) is 32.6 Å². The number of aliphatic hydroxyl groups is 2. The molecule has 0 amide bonds. The van der Waals surface area contributed by atoms with E-state index < -0.39 is 58.3 Å². The molecule has 0 bridgehead atoms. The van der Waals surface area contributed by atoms with Gasteiger partial charge >= 0.3 is 5.69 Å². The largest absolute Gasteiger partial charge is 0.387 e. The minimum Gasteiger partial charge on any atom is -0.387 e. The molecule has 0 radical (unpaired) electrons. The topological polar surface area (TPSA) is 148 Å². The van der Waals surface area contributed by atoms with Gasteiger partial charge in [0.1, 0.15) is 18.3 Å². The van der Waals surface area contributed by atoms with Gasteiger partial charge < -0.3 is 14.9 Å². The summed E-state index contributed by atoms with van der Waals surface area (Å²) in [6.45, 7) is 1.12. The second kappa shape index (κ2) is 7.56. The Morgan fingerprint density at radius 3 is 2.50 bits per heavy atom. The Bertz CT molecular complexity index is 1080. The number of H-pyrrole nitrogens is 1. The van der Waals surface area contributed by atoms with Crippen LogP contribution < -0.4 is 11.2 Å². The van der Waals surface area contributed by atoms with Gasteiger partial charge in [0.05, 0.1) is 17.7 Å². The van der Waals surface area contributed by atoms with Crippen LogP contribution in [0.1, 0.15) is 11.8 Å². The highest BCUT2D eigenvalue weighted by Crippen LogP contribution is 2.29. The smallest absolute Gasteiger partial charge is 0.330 e. The molecule has 4 atom stereocenters. The van der Waals surface area contributed by atoms with Crippen molar-refractivity contribution in [3.63, 3.8) is 0 Å². The highest BCUT2D eigenvalue weighted by atomic mass is 32.2. The minimum absolute atomic E-state index is 0.110. The highest BCUT2D eigenvalue weighted by molar-refractivity contribution is 7.86. The second-order valence-corrected chi connectivity index (χ2v) is 7.86. The van der Waals surface area contributed by atoms with Crippen molar-refractivity contribution in [1.29, 1.82) is 0 Å². The lowest BCUT2D eigenvalue weighted by atomic mass is 10.1. The first-order valence-corrected chi connectivity index (χ1v) is 9.49. The van der Waals surface area contributed by atoms with Gasteiger partial charge in [-0.3, -0.25) is 18.5 Å². The fraction of sp³-hybridized carbons (Fsp3) is 0.375. The summed E-state index contributed by atoms with van der Waals surface area (Å²) in [6.07, 6.45) is -5.68. The number of ether oxygens (including phenoxy) is 1. The molecule has 2 unspecified atom stereocenters. The minimum atomic E-state index is -4.16. The second-order valence-electron chi connectivity index (χ2n) is 6.24. The number of nitrogens with one attached hydrogen (secondary N) is 1. The highest BCUT2D eigenvalue weighted by Gasteiger charge is 2.45. The molecule has 152 valence electrons. The van der Waals surface area contributed by atoms with Gasteiger partial charge in [0, 0.05) is 0 Å². The number of aromatic nitrogens is 2. The predicted octanol–water partition coefficient (Wildman–Crippen LogP) is -0.991. The Labute approximate surface area is 157 Å². The molecule has 2 aromatic rings. The number of benzene rings is 1. The summed E-state index contributed by atoms with van der Waals surface area (Å²) in [6, 6.07) is 5.84. The van der Waals surface area contributed by atoms with Gasteiger partial charge in [0.2, 0.25) is 5.82 Å². The summed E-state index contributed by atoms with van der Waals surface area (Å²) in [5.41, 5.74) is -1.48. The van der Waals surface area contributed by atoms with E-state index in [2.05, 4.69) is 0 Å². The summed E-state index contributed by atoms with van der Waals surface area (Å²) in [5, 5.41) is 20.2. The fourth-order valence-electron chi connectivity index (χ4n) is 2.68. The summed E-state index contributed by atoms with van der Waals surface area (Å²) in [7, 11) is -4.16. The number of hydrogen-bond donors (Lipinski definition) is 3. The summed E-state index contributed by atoms with van der Waals surface area (Å²) < 4.78 is 48.6. The molecular weight excluding hydrogens is 399 g/mol. The monoisotopic (exact) mass is 416 g/mol. The molecule has 12 heteroatoms. The lowest BCUT2D eigenvalue weighted by Gasteiger charge is -2.16. The van der Waals surface area contributed by atoms with Crippen LogP contribution >= 0.6 is 0 Å². The van der Waals surface area contributed by atoms with Crippen molar-refractivity contribution in [2.45, 2.75) is 36.4 Å². The van der Waals surface area contributed by atoms with Crippen molar-refractivity contribution in [2.24, 2.45) is 0 Å². The van der Waals surface area contributed by atoms with Crippen LogP contribution in [0.5, 0.6) is 0 Å². The summed E-state index contributed by atoms with van der Waals surface area (Å²) >= 11 is 0. The molecule has 1 aromatic heterocycles. The van der Waals surface area contributed by atoms with E-state index in [4.69, 9.17) is 8.92 Å². The molecule has 1 fully saturated rings. The first-order valence-electron chi connectivity index (χ1n) is 8.09. The van der Waals surface area contributed by atoms with Crippen LogP contribution in [0.25, 0.3) is 0 Å². The van der Waals surface area contributed by atoms with Crippen LogP contribution in [-0.4, -0.2) is 53.1 Å². The van der Waals surface area contributed by atoms with E-state index in [0.29, 0.717) is 10.8 Å². The van der Waals surface area contributed by atoms with Crippen molar-refractivity contribution in [1.82, 2.24) is 9.55 Å². The van der Waals surface area contributed by atoms with Gasteiger partial charge in [0.25, 0.3) is 15.7 Å². The number of rotatable bonds is 5. The third kappa shape index (κ3) is 3.91. The van der Waals surface area contributed by atoms with E-state index in [1.165, 1.54) is 12.1 Å². The molecule has 1 aliphatic heterocycles. The lowest BCUT2D eigenvalue weighted by Crippen LogP contribution is -2.38. The van der Waals surface area contributed by atoms with Crippen LogP contribution in [0.15, 0.2) is 44.9 Å². The molecule has 0 saturated carbocycles. The van der Waals surface area contributed by atoms with E-state index in [1.807, 2.05) is 0 Å². The SMILES string of the molecule is Cc1ccc(S(=O)(=O)OC[C@@H]2O[C@H](n3cc(F)c(=O)[nH]c3=O)C(O)C2O)cc1. The van der Waals surface area contributed by atoms with Crippen LogP contribution in [0.4, 0.5) is 4.39 Å². The van der Waals surface area contributed by atoms with Gasteiger partial charge in [-0.05, 0) is 19.1 Å². The number of aryl methyl sites for hydroxylation is 1. The van der Waals surface area contributed by atoms with Crippen LogP contribution in [0.3, 0.4) is 0 Å². The van der Waals surface area contributed by atoms with Crippen molar-refractivity contribution in [3.8, 4) is 0 Å². The average molecular weight is 416 g/mol. The molecule has 3 rings (SSSR count). The zero-order chi connectivity index (χ0) is 20.6. The Kier molecular flexibility index (Phi) is 5.50. The Morgan fingerprint density at radius 1 is 1.21 bits per heavy atom. The standard InChI is InChI=1S/C16H17FN2O8S/c1-8-2-4-9(5-3-8)28(24,25)26-7-11-12(20)13(21)15(27-11)19-6-10(17)14(22)18-16(19)23/h2-6,11-13,15,20-21H,7H2,1H3,(H,18,22,23)/t11-,12?,13?,15-/m0/s1. The Hall–Kier alpha value is -2.38. The first-order chi connectivity index (χ1) is 13.1. The number of aliphatic hydroxyl groups excluding tert-OH is 2. The Morgan fingerprint density at radius 2 is 1.86 bits per heavy atom. The maximum Gasteiger partial charge on any atom is 0.330 e. The quantitative estimate of drug-likeness (QED) is 0.526. The Balaban J connectivity index is 1.76. The number of nitrogens with zero attached hydrogens (tertiary/aromatic N) is 1. The van der Waals surface area contributed by atoms with Crippen molar-refractivity contribution >= 4 is 10.1 Å². The van der Waals surface area contributed by atoms with Crippen LogP contribution in [0, 0.1) is 12.7 Å². The van der Waals surface area contributed by atoms with E-state index in [0.717, 1.165) is 5.56 Å². The molecule has 1 aromatic carbocycles.